The fraction of sp³-hybridized carbons (Fsp3) is 1.00. The molecule has 0 spiro atoms. The van der Waals surface area contributed by atoms with E-state index in [0.29, 0.717) is 11.5 Å². The van der Waals surface area contributed by atoms with Gasteiger partial charge in [0.2, 0.25) is 0 Å². The van der Waals surface area contributed by atoms with Gasteiger partial charge in [-0.05, 0) is 37.0 Å². The van der Waals surface area contributed by atoms with Gasteiger partial charge in [-0.1, -0.05) is 34.1 Å². The first-order valence-corrected chi connectivity index (χ1v) is 6.64. The van der Waals surface area contributed by atoms with Gasteiger partial charge >= 0.3 is 0 Å². The molecule has 2 nitrogen and oxygen atoms in total. The van der Waals surface area contributed by atoms with Crippen molar-refractivity contribution in [2.24, 2.45) is 10.8 Å². The average Bonchev–Trinajstić information content (AvgIpc) is 2.39. The van der Waals surface area contributed by atoms with Crippen LogP contribution in [0.1, 0.15) is 60.3 Å². The van der Waals surface area contributed by atoms with Crippen molar-refractivity contribution >= 4 is 0 Å². The van der Waals surface area contributed by atoms with E-state index >= 15 is 0 Å². The Morgan fingerprint density at radius 3 is 2.50 bits per heavy atom. The molecule has 1 fully saturated rings. The predicted octanol–water partition coefficient (Wildman–Crippen LogP) is 2.95. The molecule has 0 amide bonds. The zero-order valence-electron chi connectivity index (χ0n) is 11.6. The van der Waals surface area contributed by atoms with Crippen molar-refractivity contribution < 1.29 is 5.11 Å². The molecule has 2 unspecified atom stereocenters. The van der Waals surface area contributed by atoms with Crippen LogP contribution in [0.3, 0.4) is 0 Å². The van der Waals surface area contributed by atoms with Crippen molar-refractivity contribution in [2.75, 3.05) is 6.54 Å². The monoisotopic (exact) mass is 227 g/mol. The summed E-state index contributed by atoms with van der Waals surface area (Å²) in [7, 11) is 0. The van der Waals surface area contributed by atoms with Gasteiger partial charge in [0, 0.05) is 12.6 Å². The standard InChI is InChI=1S/C14H29NO/c1-11(16)9-13(2,3)10-15-12-7-6-8-14(12,4)5/h11-12,15-16H,6-10H2,1-5H3. The first-order valence-electron chi connectivity index (χ1n) is 6.64. The molecule has 0 aromatic carbocycles. The van der Waals surface area contributed by atoms with Crippen molar-refractivity contribution in [2.45, 2.75) is 72.4 Å². The molecule has 0 aromatic heterocycles. The zero-order valence-corrected chi connectivity index (χ0v) is 11.6. The van der Waals surface area contributed by atoms with Gasteiger partial charge in [0.25, 0.3) is 0 Å². The summed E-state index contributed by atoms with van der Waals surface area (Å²) < 4.78 is 0. The van der Waals surface area contributed by atoms with Gasteiger partial charge in [-0.2, -0.15) is 0 Å². The van der Waals surface area contributed by atoms with Crippen molar-refractivity contribution in [3.8, 4) is 0 Å². The van der Waals surface area contributed by atoms with E-state index in [1.807, 2.05) is 6.92 Å². The third-order valence-corrected chi connectivity index (χ3v) is 3.93. The average molecular weight is 227 g/mol. The fourth-order valence-electron chi connectivity index (χ4n) is 2.98. The first kappa shape index (κ1) is 14.0. The second-order valence-corrected chi connectivity index (χ2v) is 7.03. The maximum absolute atomic E-state index is 9.45. The maximum Gasteiger partial charge on any atom is 0.0517 e. The molecule has 1 aliphatic carbocycles. The Morgan fingerprint density at radius 2 is 2.06 bits per heavy atom. The van der Waals surface area contributed by atoms with E-state index in [9.17, 15) is 5.11 Å². The lowest BCUT2D eigenvalue weighted by molar-refractivity contribution is 0.122. The van der Waals surface area contributed by atoms with Crippen molar-refractivity contribution in [1.82, 2.24) is 5.32 Å². The fourth-order valence-corrected chi connectivity index (χ4v) is 2.98. The Hall–Kier alpha value is -0.0800. The third-order valence-electron chi connectivity index (χ3n) is 3.93. The molecule has 0 aliphatic heterocycles. The van der Waals surface area contributed by atoms with Crippen LogP contribution in [0.25, 0.3) is 0 Å². The molecule has 0 aromatic rings. The summed E-state index contributed by atoms with van der Waals surface area (Å²) in [5, 5.41) is 13.2. The molecule has 1 rings (SSSR count). The predicted molar refractivity (Wildman–Crippen MR) is 69.5 cm³/mol. The smallest absolute Gasteiger partial charge is 0.0517 e. The minimum Gasteiger partial charge on any atom is -0.393 e. The van der Waals surface area contributed by atoms with Gasteiger partial charge < -0.3 is 10.4 Å². The molecule has 1 aliphatic rings. The van der Waals surface area contributed by atoms with Crippen molar-refractivity contribution in [3.63, 3.8) is 0 Å². The minimum absolute atomic E-state index is 0.187. The number of nitrogens with one attached hydrogen (secondary N) is 1. The second-order valence-electron chi connectivity index (χ2n) is 7.03. The van der Waals surface area contributed by atoms with Gasteiger partial charge in [-0.15, -0.1) is 0 Å². The highest BCUT2D eigenvalue weighted by molar-refractivity contribution is 4.91. The van der Waals surface area contributed by atoms with Gasteiger partial charge in [-0.25, -0.2) is 0 Å². The Morgan fingerprint density at radius 1 is 1.44 bits per heavy atom. The van der Waals surface area contributed by atoms with Crippen LogP contribution in [-0.4, -0.2) is 23.8 Å². The Kier molecular flexibility index (Phi) is 4.42. The highest BCUT2D eigenvalue weighted by Crippen LogP contribution is 2.37. The Balaban J connectivity index is 2.39. The van der Waals surface area contributed by atoms with Gasteiger partial charge in [0.1, 0.15) is 0 Å². The summed E-state index contributed by atoms with van der Waals surface area (Å²) in [5.41, 5.74) is 0.633. The summed E-state index contributed by atoms with van der Waals surface area (Å²) in [6, 6.07) is 0.653. The van der Waals surface area contributed by atoms with Crippen LogP contribution < -0.4 is 5.32 Å². The van der Waals surface area contributed by atoms with E-state index in [-0.39, 0.29) is 11.5 Å². The summed E-state index contributed by atoms with van der Waals surface area (Å²) in [4.78, 5) is 0. The van der Waals surface area contributed by atoms with Crippen LogP contribution in [0.15, 0.2) is 0 Å². The largest absolute Gasteiger partial charge is 0.393 e. The van der Waals surface area contributed by atoms with Gasteiger partial charge in [-0.3, -0.25) is 0 Å². The molecule has 0 bridgehead atoms. The summed E-state index contributed by atoms with van der Waals surface area (Å²) in [6.45, 7) is 12.1. The first-order chi connectivity index (χ1) is 7.23. The highest BCUT2D eigenvalue weighted by atomic mass is 16.3. The van der Waals surface area contributed by atoms with E-state index in [1.54, 1.807) is 0 Å². The van der Waals surface area contributed by atoms with Crippen LogP contribution in [-0.2, 0) is 0 Å². The zero-order chi connectivity index (χ0) is 12.4. The van der Waals surface area contributed by atoms with Crippen molar-refractivity contribution in [1.29, 1.82) is 0 Å². The maximum atomic E-state index is 9.45. The molecule has 0 saturated heterocycles. The Bertz CT molecular complexity index is 221. The molecule has 2 N–H and O–H groups in total. The SMILES string of the molecule is CC(O)CC(C)(C)CNC1CCCC1(C)C. The lowest BCUT2D eigenvalue weighted by Crippen LogP contribution is -2.43. The number of rotatable bonds is 5. The summed E-state index contributed by atoms with van der Waals surface area (Å²) in [6.07, 6.45) is 4.65. The normalized spacial score (nSPS) is 27.0. The third kappa shape index (κ3) is 4.06. The topological polar surface area (TPSA) is 32.3 Å². The molecule has 1 saturated carbocycles. The molecule has 96 valence electrons. The molecule has 16 heavy (non-hydrogen) atoms. The molecule has 0 heterocycles. The number of aliphatic hydroxyl groups excluding tert-OH is 1. The van der Waals surface area contributed by atoms with Gasteiger partial charge in [0.05, 0.1) is 6.10 Å². The van der Waals surface area contributed by atoms with Crippen LogP contribution in [0.2, 0.25) is 0 Å². The second kappa shape index (κ2) is 5.05. The highest BCUT2D eigenvalue weighted by Gasteiger charge is 2.35. The summed E-state index contributed by atoms with van der Waals surface area (Å²) >= 11 is 0. The lowest BCUT2D eigenvalue weighted by Gasteiger charge is -2.33. The van der Waals surface area contributed by atoms with Crippen molar-refractivity contribution in [3.05, 3.63) is 0 Å². The number of aliphatic hydroxyl groups is 1. The lowest BCUT2D eigenvalue weighted by atomic mass is 9.84. The molecular formula is C14H29NO. The summed E-state index contributed by atoms with van der Waals surface area (Å²) in [5.74, 6) is 0. The van der Waals surface area contributed by atoms with E-state index in [1.165, 1.54) is 19.3 Å². The van der Waals surface area contributed by atoms with Crippen LogP contribution >= 0.6 is 0 Å². The molecule has 0 radical (unpaired) electrons. The Labute approximate surface area is 101 Å². The van der Waals surface area contributed by atoms with E-state index in [4.69, 9.17) is 0 Å². The molecular weight excluding hydrogens is 198 g/mol. The molecule has 2 heteroatoms. The van der Waals surface area contributed by atoms with Crippen LogP contribution in [0.4, 0.5) is 0 Å². The van der Waals surface area contributed by atoms with Crippen LogP contribution in [0, 0.1) is 10.8 Å². The van der Waals surface area contributed by atoms with E-state index in [2.05, 4.69) is 33.0 Å². The number of hydrogen-bond donors (Lipinski definition) is 2. The van der Waals surface area contributed by atoms with E-state index < -0.39 is 0 Å². The van der Waals surface area contributed by atoms with E-state index in [0.717, 1.165) is 13.0 Å². The number of hydrogen-bond acceptors (Lipinski definition) is 2. The quantitative estimate of drug-likeness (QED) is 0.757. The van der Waals surface area contributed by atoms with Gasteiger partial charge in [0.15, 0.2) is 0 Å². The van der Waals surface area contributed by atoms with Crippen LogP contribution in [0.5, 0.6) is 0 Å². The minimum atomic E-state index is -0.201. The molecule has 2 atom stereocenters.